The van der Waals surface area contributed by atoms with Crippen molar-refractivity contribution in [1.82, 2.24) is 9.80 Å². The van der Waals surface area contributed by atoms with Crippen LogP contribution in [0, 0.1) is 0 Å². The maximum Gasteiger partial charge on any atom is 0.254 e. The summed E-state index contributed by atoms with van der Waals surface area (Å²) in [5.74, 6) is 1.11. The van der Waals surface area contributed by atoms with E-state index in [1.807, 2.05) is 17.0 Å². The zero-order valence-electron chi connectivity index (χ0n) is 26.0. The van der Waals surface area contributed by atoms with Gasteiger partial charge in [-0.3, -0.25) is 4.79 Å². The fourth-order valence-electron chi connectivity index (χ4n) is 7.48. The molecule has 240 valence electrons. The number of hydrogen-bond acceptors (Lipinski definition) is 7. The highest BCUT2D eigenvalue weighted by Crippen LogP contribution is 2.47. The molecule has 2 heterocycles. The summed E-state index contributed by atoms with van der Waals surface area (Å²) in [5, 5.41) is 12.0. The van der Waals surface area contributed by atoms with E-state index in [1.165, 1.54) is 32.5 Å². The topological polar surface area (TPSA) is 80.7 Å². The van der Waals surface area contributed by atoms with Crippen LogP contribution in [-0.4, -0.2) is 87.6 Å². The van der Waals surface area contributed by atoms with Crippen molar-refractivity contribution >= 4 is 29.1 Å². The molecule has 10 heteroatoms. The van der Waals surface area contributed by atoms with E-state index in [2.05, 4.69) is 29.2 Å². The van der Waals surface area contributed by atoms with Crippen molar-refractivity contribution in [3.63, 3.8) is 0 Å². The van der Waals surface area contributed by atoms with E-state index in [4.69, 9.17) is 42.1 Å². The summed E-state index contributed by atoms with van der Waals surface area (Å²) in [6.45, 7) is 3.64. The molecule has 2 saturated heterocycles. The van der Waals surface area contributed by atoms with E-state index >= 15 is 0 Å². The van der Waals surface area contributed by atoms with Crippen LogP contribution in [-0.2, 0) is 22.2 Å². The lowest BCUT2D eigenvalue weighted by Crippen LogP contribution is -2.54. The minimum atomic E-state index is -0.794. The molecular weight excluding hydrogens is 615 g/mol. The second kappa shape index (κ2) is 13.0. The van der Waals surface area contributed by atoms with E-state index in [-0.39, 0.29) is 17.4 Å². The number of hydrogen-bond donors (Lipinski definition) is 1. The van der Waals surface area contributed by atoms with Gasteiger partial charge in [-0.15, -0.1) is 0 Å². The van der Waals surface area contributed by atoms with E-state index in [0.717, 1.165) is 44.5 Å². The minimum absolute atomic E-state index is 0.157. The third-order valence-electron chi connectivity index (χ3n) is 10.0. The molecular formula is C35H40Cl2N2O6. The maximum absolute atomic E-state index is 14.0. The molecule has 3 aliphatic rings. The second-order valence-electron chi connectivity index (χ2n) is 12.2. The van der Waals surface area contributed by atoms with Crippen molar-refractivity contribution in [2.24, 2.45) is 0 Å². The van der Waals surface area contributed by atoms with Gasteiger partial charge in [-0.1, -0.05) is 53.5 Å². The van der Waals surface area contributed by atoms with E-state index < -0.39 is 5.60 Å². The van der Waals surface area contributed by atoms with Gasteiger partial charge in [0.2, 0.25) is 5.75 Å². The van der Waals surface area contributed by atoms with Crippen LogP contribution in [0.4, 0.5) is 0 Å². The Morgan fingerprint density at radius 3 is 2.33 bits per heavy atom. The Morgan fingerprint density at radius 1 is 0.956 bits per heavy atom. The maximum atomic E-state index is 14.0. The number of amides is 1. The van der Waals surface area contributed by atoms with Gasteiger partial charge in [0.05, 0.1) is 50.6 Å². The first-order chi connectivity index (χ1) is 21.7. The van der Waals surface area contributed by atoms with Crippen molar-refractivity contribution < 1.29 is 28.8 Å². The number of nitrogens with zero attached hydrogens (tertiary/aromatic N) is 2. The number of piperidine rings is 1. The van der Waals surface area contributed by atoms with Gasteiger partial charge in [0.1, 0.15) is 5.60 Å². The summed E-state index contributed by atoms with van der Waals surface area (Å²) < 4.78 is 23.1. The first-order valence-corrected chi connectivity index (χ1v) is 16.2. The van der Waals surface area contributed by atoms with Gasteiger partial charge in [0.25, 0.3) is 5.91 Å². The smallest absolute Gasteiger partial charge is 0.254 e. The SMILES string of the molecule is COc1cc(C(=O)N2CCO[C@@](CCN3CCC4(CC3)c3ccccc3C[C@H]4O)(c3ccc(Cl)c(Cl)c3)C2)cc(OC)c1OC. The molecule has 0 saturated carbocycles. The molecule has 6 rings (SSSR count). The number of halogens is 2. The quantitative estimate of drug-likeness (QED) is 0.332. The molecule has 0 radical (unpaired) electrons. The Balaban J connectivity index is 1.23. The standard InChI is InChI=1S/C35H40Cl2N2O6/c1-42-29-18-24(19-30(43-2)32(29)44-3)33(41)39-16-17-45-35(22-39,25-8-9-27(36)28(37)21-25)12-15-38-13-10-34(11-14-38)26-7-5-4-6-23(26)20-31(34)40/h4-9,18-19,21,31,40H,10-17,20,22H2,1-3H3/t31-,35-/m1/s1. The van der Waals surface area contributed by atoms with E-state index in [9.17, 15) is 9.90 Å². The lowest BCUT2D eigenvalue weighted by atomic mass is 9.72. The number of methoxy groups -OCH3 is 3. The number of aliphatic hydroxyl groups excluding tert-OH is 1. The van der Waals surface area contributed by atoms with Crippen molar-refractivity contribution in [3.8, 4) is 17.2 Å². The summed E-state index contributed by atoms with van der Waals surface area (Å²) in [6, 6.07) is 17.4. The van der Waals surface area contributed by atoms with Crippen molar-refractivity contribution in [1.29, 1.82) is 0 Å². The van der Waals surface area contributed by atoms with Gasteiger partial charge < -0.3 is 33.9 Å². The minimum Gasteiger partial charge on any atom is -0.493 e. The molecule has 2 fully saturated rings. The fourth-order valence-corrected chi connectivity index (χ4v) is 7.78. The van der Waals surface area contributed by atoms with E-state index in [0.29, 0.717) is 59.0 Å². The molecule has 1 amide bonds. The highest BCUT2D eigenvalue weighted by molar-refractivity contribution is 6.42. The number of ether oxygens (including phenoxy) is 4. The Kier molecular flexibility index (Phi) is 9.24. The Hall–Kier alpha value is -3.01. The Labute approximate surface area is 274 Å². The summed E-state index contributed by atoms with van der Waals surface area (Å²) in [4.78, 5) is 18.3. The zero-order valence-corrected chi connectivity index (χ0v) is 27.5. The van der Waals surface area contributed by atoms with Crippen LogP contribution in [0.25, 0.3) is 0 Å². The first-order valence-electron chi connectivity index (χ1n) is 15.4. The van der Waals surface area contributed by atoms with Crippen LogP contribution in [0.2, 0.25) is 10.0 Å². The average molecular weight is 656 g/mol. The van der Waals surface area contributed by atoms with Crippen molar-refractivity contribution in [2.75, 3.05) is 60.7 Å². The van der Waals surface area contributed by atoms with Gasteiger partial charge >= 0.3 is 0 Å². The average Bonchev–Trinajstić information content (AvgIpc) is 3.34. The number of carbonyl (C=O) groups is 1. The number of rotatable bonds is 8. The van der Waals surface area contributed by atoms with Gasteiger partial charge in [0, 0.05) is 24.1 Å². The fraction of sp³-hybridized carbons (Fsp3) is 0.457. The largest absolute Gasteiger partial charge is 0.493 e. The van der Waals surface area contributed by atoms with Crippen LogP contribution < -0.4 is 14.2 Å². The van der Waals surface area contributed by atoms with Gasteiger partial charge in [-0.2, -0.15) is 0 Å². The van der Waals surface area contributed by atoms with Crippen LogP contribution >= 0.6 is 23.2 Å². The van der Waals surface area contributed by atoms with Crippen LogP contribution in [0.1, 0.15) is 46.3 Å². The number of fused-ring (bicyclic) bond motifs is 2. The van der Waals surface area contributed by atoms with Gasteiger partial charge in [-0.05, 0) is 79.7 Å². The first kappa shape index (κ1) is 32.0. The van der Waals surface area contributed by atoms with Gasteiger partial charge in [0.15, 0.2) is 11.5 Å². The van der Waals surface area contributed by atoms with Crippen LogP contribution in [0.15, 0.2) is 54.6 Å². The zero-order chi connectivity index (χ0) is 31.8. The third kappa shape index (κ3) is 5.87. The molecule has 1 N–H and O–H groups in total. The summed E-state index contributed by atoms with van der Waals surface area (Å²) in [6.07, 6.45) is 2.82. The molecule has 2 aliphatic heterocycles. The van der Waals surface area contributed by atoms with Crippen LogP contribution in [0.5, 0.6) is 17.2 Å². The van der Waals surface area contributed by atoms with Crippen LogP contribution in [0.3, 0.4) is 0 Å². The number of morpholine rings is 1. The predicted molar refractivity (Wildman–Crippen MR) is 174 cm³/mol. The Bertz CT molecular complexity index is 1530. The summed E-state index contributed by atoms with van der Waals surface area (Å²) in [7, 11) is 4.60. The molecule has 0 aromatic heterocycles. The van der Waals surface area contributed by atoms with Gasteiger partial charge in [-0.25, -0.2) is 0 Å². The highest BCUT2D eigenvalue weighted by atomic mass is 35.5. The summed E-state index contributed by atoms with van der Waals surface area (Å²) >= 11 is 12.8. The number of aliphatic hydroxyl groups is 1. The molecule has 1 spiro atoms. The second-order valence-corrected chi connectivity index (χ2v) is 13.1. The third-order valence-corrected chi connectivity index (χ3v) is 10.8. The number of likely N-dealkylation sites (tertiary alicyclic amines) is 1. The predicted octanol–water partition coefficient (Wildman–Crippen LogP) is 5.73. The molecule has 1 aliphatic carbocycles. The molecule has 8 nitrogen and oxygen atoms in total. The molecule has 0 unspecified atom stereocenters. The molecule has 3 aromatic rings. The molecule has 45 heavy (non-hydrogen) atoms. The van der Waals surface area contributed by atoms with Crippen molar-refractivity contribution in [2.45, 2.75) is 42.8 Å². The molecule has 0 bridgehead atoms. The Morgan fingerprint density at radius 2 is 1.67 bits per heavy atom. The van der Waals surface area contributed by atoms with Crippen molar-refractivity contribution in [3.05, 3.63) is 86.9 Å². The lowest BCUT2D eigenvalue weighted by molar-refractivity contribution is -0.114. The normalized spacial score (nSPS) is 22.7. The molecule has 3 aromatic carbocycles. The van der Waals surface area contributed by atoms with E-state index in [1.54, 1.807) is 18.2 Å². The number of carbonyl (C=O) groups excluding carboxylic acids is 1. The number of benzene rings is 3. The highest BCUT2D eigenvalue weighted by Gasteiger charge is 2.48. The molecule has 2 atom stereocenters. The summed E-state index contributed by atoms with van der Waals surface area (Å²) in [5.41, 5.74) is 2.92. The monoisotopic (exact) mass is 654 g/mol. The lowest BCUT2D eigenvalue weighted by Gasteiger charge is -2.46.